The lowest BCUT2D eigenvalue weighted by Gasteiger charge is -2.39. The van der Waals surface area contributed by atoms with Crippen molar-refractivity contribution in [2.24, 2.45) is 11.1 Å². The van der Waals surface area contributed by atoms with Gasteiger partial charge in [0.2, 0.25) is 11.8 Å². The first-order valence-corrected chi connectivity index (χ1v) is 9.13. The van der Waals surface area contributed by atoms with E-state index in [2.05, 4.69) is 5.32 Å². The highest BCUT2D eigenvalue weighted by atomic mass is 16.6. The lowest BCUT2D eigenvalue weighted by Crippen LogP contribution is -2.59. The molecule has 0 unspecified atom stereocenters. The highest BCUT2D eigenvalue weighted by Crippen LogP contribution is 2.33. The number of carbonyl (C=O) groups excluding carboxylic acids is 3. The van der Waals surface area contributed by atoms with Gasteiger partial charge in [-0.1, -0.05) is 20.8 Å². The molecule has 2 bridgehead atoms. The number of nitrogens with zero attached hydrogens (tertiary/aromatic N) is 2. The van der Waals surface area contributed by atoms with Crippen LogP contribution in [0, 0.1) is 5.41 Å². The van der Waals surface area contributed by atoms with Crippen LogP contribution in [0.1, 0.15) is 48.0 Å². The summed E-state index contributed by atoms with van der Waals surface area (Å²) in [6.45, 7) is 12.0. The minimum Gasteiger partial charge on any atom is -0.444 e. The van der Waals surface area contributed by atoms with Crippen LogP contribution in [0.5, 0.6) is 0 Å². The summed E-state index contributed by atoms with van der Waals surface area (Å²) in [5.74, 6) is -0.209. The molecule has 0 aromatic rings. The fourth-order valence-electron chi connectivity index (χ4n) is 3.60. The minimum absolute atomic E-state index is 0.0119. The molecule has 2 aliphatic rings. The number of ether oxygens (including phenoxy) is 1. The fourth-order valence-corrected chi connectivity index (χ4v) is 3.60. The average molecular weight is 368 g/mol. The van der Waals surface area contributed by atoms with E-state index in [4.69, 9.17) is 10.5 Å². The minimum atomic E-state index is -0.699. The van der Waals surface area contributed by atoms with E-state index in [1.54, 1.807) is 30.6 Å². The highest BCUT2D eigenvalue weighted by molar-refractivity contribution is 5.88. The summed E-state index contributed by atoms with van der Waals surface area (Å²) < 4.78 is 5.31. The van der Waals surface area contributed by atoms with Gasteiger partial charge in [0.05, 0.1) is 18.6 Å². The maximum absolute atomic E-state index is 13.2. The second kappa shape index (κ2) is 7.06. The standard InChI is InChI=1S/C18H32N4O4/c1-17(2,3)14(20-16(25)26-18(4,5)6)15(24)22-10-11-7-12(22)9-21(11)13(23)8-19/h11-12,14H,7-10,19H2,1-6H3,(H,20,25)/t11-,12-,14+/m0/s1. The lowest BCUT2D eigenvalue weighted by atomic mass is 9.85. The van der Waals surface area contributed by atoms with Crippen LogP contribution >= 0.6 is 0 Å². The van der Waals surface area contributed by atoms with E-state index < -0.39 is 23.2 Å². The Morgan fingerprint density at radius 3 is 2.04 bits per heavy atom. The van der Waals surface area contributed by atoms with Crippen LogP contribution in [0.3, 0.4) is 0 Å². The molecule has 3 atom stereocenters. The number of piperazine rings is 1. The normalized spacial score (nSPS) is 23.8. The maximum atomic E-state index is 13.2. The Morgan fingerprint density at radius 1 is 1.08 bits per heavy atom. The molecule has 8 nitrogen and oxygen atoms in total. The summed E-state index contributed by atoms with van der Waals surface area (Å²) in [5.41, 5.74) is 4.35. The average Bonchev–Trinajstić information content (AvgIpc) is 3.08. The molecule has 0 aromatic heterocycles. The largest absolute Gasteiger partial charge is 0.444 e. The van der Waals surface area contributed by atoms with Gasteiger partial charge in [-0.05, 0) is 32.6 Å². The maximum Gasteiger partial charge on any atom is 0.408 e. The number of alkyl carbamates (subject to hydrolysis) is 1. The number of fused-ring (bicyclic) bond motifs is 2. The van der Waals surface area contributed by atoms with Gasteiger partial charge in [0, 0.05) is 13.1 Å². The van der Waals surface area contributed by atoms with E-state index in [0.717, 1.165) is 6.42 Å². The zero-order valence-electron chi connectivity index (χ0n) is 16.7. The van der Waals surface area contributed by atoms with Gasteiger partial charge in [-0.2, -0.15) is 0 Å². The molecular formula is C18H32N4O4. The first-order chi connectivity index (χ1) is 11.8. The van der Waals surface area contributed by atoms with E-state index in [-0.39, 0.29) is 30.4 Å². The van der Waals surface area contributed by atoms with Crippen LogP contribution in [0.4, 0.5) is 4.79 Å². The molecule has 2 saturated heterocycles. The highest BCUT2D eigenvalue weighted by Gasteiger charge is 2.49. The van der Waals surface area contributed by atoms with Crippen LogP contribution in [-0.2, 0) is 14.3 Å². The molecule has 8 heteroatoms. The number of carbonyl (C=O) groups is 3. The first-order valence-electron chi connectivity index (χ1n) is 9.13. The Kier molecular flexibility index (Phi) is 5.56. The van der Waals surface area contributed by atoms with Gasteiger partial charge in [0.1, 0.15) is 11.6 Å². The molecule has 2 rings (SSSR count). The predicted octanol–water partition coefficient (Wildman–Crippen LogP) is 0.696. The van der Waals surface area contributed by atoms with E-state index in [1.807, 2.05) is 20.8 Å². The summed E-state index contributed by atoms with van der Waals surface area (Å²) >= 11 is 0. The number of likely N-dealkylation sites (tertiary alicyclic amines) is 2. The zero-order chi connectivity index (χ0) is 19.9. The van der Waals surface area contributed by atoms with Gasteiger partial charge in [-0.3, -0.25) is 9.59 Å². The Morgan fingerprint density at radius 2 is 1.62 bits per heavy atom. The predicted molar refractivity (Wildman–Crippen MR) is 97.3 cm³/mol. The van der Waals surface area contributed by atoms with E-state index >= 15 is 0 Å². The molecule has 2 fully saturated rings. The number of amides is 3. The van der Waals surface area contributed by atoms with Gasteiger partial charge >= 0.3 is 6.09 Å². The van der Waals surface area contributed by atoms with Crippen molar-refractivity contribution in [2.75, 3.05) is 19.6 Å². The van der Waals surface area contributed by atoms with Gasteiger partial charge < -0.3 is 25.6 Å². The molecule has 2 aliphatic heterocycles. The number of nitrogens with two attached hydrogens (primary N) is 1. The molecule has 0 radical (unpaired) electrons. The van der Waals surface area contributed by atoms with Crippen LogP contribution < -0.4 is 11.1 Å². The number of hydrogen-bond donors (Lipinski definition) is 2. The van der Waals surface area contributed by atoms with E-state index in [9.17, 15) is 14.4 Å². The Balaban J connectivity index is 2.08. The molecule has 0 aliphatic carbocycles. The molecular weight excluding hydrogens is 336 g/mol. The van der Waals surface area contributed by atoms with Crippen LogP contribution in [0.15, 0.2) is 0 Å². The Labute approximate surface area is 155 Å². The molecule has 0 aromatic carbocycles. The third kappa shape index (κ3) is 4.47. The van der Waals surface area contributed by atoms with Crippen molar-refractivity contribution in [3.63, 3.8) is 0 Å². The SMILES string of the molecule is CC(C)(C)OC(=O)N[C@H](C(=O)N1C[C@@H]2C[C@H]1CN2C(=O)CN)C(C)(C)C. The monoisotopic (exact) mass is 368 g/mol. The first kappa shape index (κ1) is 20.5. The summed E-state index contributed by atoms with van der Waals surface area (Å²) in [6.07, 6.45) is 0.163. The third-order valence-electron chi connectivity index (χ3n) is 4.79. The van der Waals surface area contributed by atoms with Crippen molar-refractivity contribution in [3.05, 3.63) is 0 Å². The van der Waals surface area contributed by atoms with E-state index in [0.29, 0.717) is 13.1 Å². The number of rotatable bonds is 3. The van der Waals surface area contributed by atoms with Crippen molar-refractivity contribution in [1.82, 2.24) is 15.1 Å². The van der Waals surface area contributed by atoms with Crippen molar-refractivity contribution in [1.29, 1.82) is 0 Å². The van der Waals surface area contributed by atoms with Gasteiger partial charge in [-0.25, -0.2) is 4.79 Å². The molecule has 148 valence electrons. The smallest absolute Gasteiger partial charge is 0.408 e. The topological polar surface area (TPSA) is 105 Å². The van der Waals surface area contributed by atoms with Gasteiger partial charge in [-0.15, -0.1) is 0 Å². The third-order valence-corrected chi connectivity index (χ3v) is 4.79. The van der Waals surface area contributed by atoms with Crippen molar-refractivity contribution in [3.8, 4) is 0 Å². The van der Waals surface area contributed by atoms with Crippen LogP contribution in [0.2, 0.25) is 0 Å². The molecule has 0 saturated carbocycles. The Hall–Kier alpha value is -1.83. The summed E-state index contributed by atoms with van der Waals surface area (Å²) in [7, 11) is 0. The molecule has 2 heterocycles. The molecule has 26 heavy (non-hydrogen) atoms. The van der Waals surface area contributed by atoms with E-state index in [1.165, 1.54) is 0 Å². The second-order valence-corrected chi connectivity index (χ2v) is 9.23. The molecule has 3 amide bonds. The second-order valence-electron chi connectivity index (χ2n) is 9.23. The summed E-state index contributed by atoms with van der Waals surface area (Å²) in [4.78, 5) is 40.8. The van der Waals surface area contributed by atoms with Gasteiger partial charge in [0.15, 0.2) is 0 Å². The molecule has 3 N–H and O–H groups in total. The lowest BCUT2D eigenvalue weighted by molar-refractivity contribution is -0.142. The number of nitrogens with one attached hydrogen (secondary N) is 1. The quantitative estimate of drug-likeness (QED) is 0.763. The Bertz CT molecular complexity index is 579. The van der Waals surface area contributed by atoms with Crippen molar-refractivity contribution < 1.29 is 19.1 Å². The van der Waals surface area contributed by atoms with Crippen LogP contribution in [0.25, 0.3) is 0 Å². The summed E-state index contributed by atoms with van der Waals surface area (Å²) in [5, 5.41) is 2.74. The van der Waals surface area contributed by atoms with Crippen molar-refractivity contribution in [2.45, 2.75) is 71.7 Å². The zero-order valence-corrected chi connectivity index (χ0v) is 16.7. The summed E-state index contributed by atoms with van der Waals surface area (Å²) in [6, 6.07) is -0.703. The fraction of sp³-hybridized carbons (Fsp3) is 0.833. The van der Waals surface area contributed by atoms with Gasteiger partial charge in [0.25, 0.3) is 0 Å². The van der Waals surface area contributed by atoms with Crippen LogP contribution in [-0.4, -0.2) is 71.1 Å². The number of hydrogen-bond acceptors (Lipinski definition) is 5. The van der Waals surface area contributed by atoms with Crippen molar-refractivity contribution >= 4 is 17.9 Å². The molecule has 0 spiro atoms.